The first-order chi connectivity index (χ1) is 11.2. The van der Waals surface area contributed by atoms with Gasteiger partial charge in [0.2, 0.25) is 0 Å². The van der Waals surface area contributed by atoms with Gasteiger partial charge in [-0.15, -0.1) is 0 Å². The van der Waals surface area contributed by atoms with E-state index < -0.39 is 46.5 Å². The van der Waals surface area contributed by atoms with Crippen LogP contribution in [-0.2, 0) is 14.3 Å². The van der Waals surface area contributed by atoms with Gasteiger partial charge in [-0.3, -0.25) is 4.79 Å². The minimum atomic E-state index is -2.26. The molecule has 128 valence electrons. The minimum Gasteiger partial charge on any atom is -0.508 e. The Morgan fingerprint density at radius 1 is 1.33 bits per heavy atom. The summed E-state index contributed by atoms with van der Waals surface area (Å²) in [5.41, 5.74) is -2.97. The van der Waals surface area contributed by atoms with Gasteiger partial charge in [-0.1, -0.05) is 6.92 Å². The van der Waals surface area contributed by atoms with Gasteiger partial charge in [0.15, 0.2) is 5.78 Å². The number of hydrogen-bond donors (Lipinski definition) is 4. The number of aliphatic hydroxyl groups is 2. The maximum Gasteiger partial charge on any atom is 0.358 e. The number of aromatic hydroxyl groups is 2. The van der Waals surface area contributed by atoms with Crippen LogP contribution in [0.2, 0.25) is 0 Å². The second-order valence-electron chi connectivity index (χ2n) is 5.94. The molecule has 0 radical (unpaired) electrons. The smallest absolute Gasteiger partial charge is 0.358 e. The minimum absolute atomic E-state index is 0.114. The molecular formula is C16H16O8. The third-order valence-corrected chi connectivity index (χ3v) is 4.41. The fourth-order valence-corrected chi connectivity index (χ4v) is 3.30. The second kappa shape index (κ2) is 5.13. The Morgan fingerprint density at radius 2 is 2.00 bits per heavy atom. The van der Waals surface area contributed by atoms with E-state index in [9.17, 15) is 30.0 Å². The summed E-state index contributed by atoms with van der Waals surface area (Å²) in [5, 5.41) is 40.7. The number of rotatable bonds is 1. The van der Waals surface area contributed by atoms with Crippen molar-refractivity contribution in [3.63, 3.8) is 0 Å². The highest BCUT2D eigenvalue weighted by Gasteiger charge is 2.62. The first-order valence-electron chi connectivity index (χ1n) is 7.22. The number of Topliss-reactive ketones (excluding diaryl/α,β-unsaturated/α-hetero) is 1. The normalized spacial score (nSPS) is 28.7. The zero-order valence-corrected chi connectivity index (χ0v) is 12.9. The van der Waals surface area contributed by atoms with Crippen LogP contribution in [0.25, 0.3) is 5.76 Å². The van der Waals surface area contributed by atoms with Gasteiger partial charge in [0.05, 0.1) is 12.7 Å². The SMILES string of the molecule is COC(=O)[C@@]12Oc3cc(O)cc(O)c3C(O)=C1C(=O)C[C@H](C)[C@H]2O. The lowest BCUT2D eigenvalue weighted by Gasteiger charge is -2.45. The molecule has 4 N–H and O–H groups in total. The van der Waals surface area contributed by atoms with E-state index in [1.807, 2.05) is 0 Å². The Balaban J connectivity index is 2.37. The van der Waals surface area contributed by atoms with Crippen LogP contribution in [0.3, 0.4) is 0 Å². The molecule has 1 heterocycles. The number of methoxy groups -OCH3 is 1. The summed E-state index contributed by atoms with van der Waals surface area (Å²) >= 11 is 0. The molecular weight excluding hydrogens is 320 g/mol. The standard InChI is InChI=1S/C16H16O8/c1-6-3-9(19)12-13(20)11-8(18)4-7(17)5-10(11)24-16(12,14(6)21)15(22)23-2/h4-6,14,17-18,20-21H,3H2,1-2H3/t6-,14+,16+/m0/s1. The Hall–Kier alpha value is -2.74. The largest absolute Gasteiger partial charge is 0.508 e. The summed E-state index contributed by atoms with van der Waals surface area (Å²) < 4.78 is 10.3. The molecule has 3 atom stereocenters. The number of ether oxygens (including phenoxy) is 2. The van der Waals surface area contributed by atoms with Crippen LogP contribution in [0.15, 0.2) is 17.7 Å². The van der Waals surface area contributed by atoms with Crippen LogP contribution in [-0.4, -0.2) is 51.0 Å². The number of phenolic OH excluding ortho intramolecular Hbond substituents is 2. The second-order valence-corrected chi connectivity index (χ2v) is 5.94. The van der Waals surface area contributed by atoms with Crippen molar-refractivity contribution >= 4 is 17.5 Å². The molecule has 0 bridgehead atoms. The van der Waals surface area contributed by atoms with Gasteiger partial charge in [-0.2, -0.15) is 0 Å². The lowest BCUT2D eigenvalue weighted by molar-refractivity contribution is -0.173. The van der Waals surface area contributed by atoms with E-state index in [-0.39, 0.29) is 23.5 Å². The Kier molecular flexibility index (Phi) is 3.45. The predicted molar refractivity (Wildman–Crippen MR) is 79.5 cm³/mol. The first kappa shape index (κ1) is 16.1. The number of ketones is 1. The molecule has 1 aliphatic heterocycles. The highest BCUT2D eigenvalue weighted by Crippen LogP contribution is 2.50. The number of carbonyl (C=O) groups is 2. The van der Waals surface area contributed by atoms with Crippen LogP contribution < -0.4 is 4.74 Å². The zero-order chi connectivity index (χ0) is 17.8. The van der Waals surface area contributed by atoms with Crippen molar-refractivity contribution < 1.29 is 39.5 Å². The van der Waals surface area contributed by atoms with Gasteiger partial charge in [-0.05, 0) is 5.92 Å². The van der Waals surface area contributed by atoms with E-state index >= 15 is 0 Å². The van der Waals surface area contributed by atoms with Gasteiger partial charge < -0.3 is 29.9 Å². The van der Waals surface area contributed by atoms with E-state index in [1.54, 1.807) is 6.92 Å². The van der Waals surface area contributed by atoms with Gasteiger partial charge in [0.1, 0.15) is 34.7 Å². The van der Waals surface area contributed by atoms with Crippen LogP contribution in [0.1, 0.15) is 18.9 Å². The maximum atomic E-state index is 12.5. The van der Waals surface area contributed by atoms with Crippen LogP contribution in [0.4, 0.5) is 0 Å². The van der Waals surface area contributed by atoms with Crippen molar-refractivity contribution in [1.29, 1.82) is 0 Å². The number of fused-ring (bicyclic) bond motifs is 2. The van der Waals surface area contributed by atoms with E-state index in [4.69, 9.17) is 9.47 Å². The zero-order valence-electron chi connectivity index (χ0n) is 12.9. The number of esters is 1. The summed E-state index contributed by atoms with van der Waals surface area (Å²) in [4.78, 5) is 24.9. The van der Waals surface area contributed by atoms with Crippen molar-refractivity contribution in [2.45, 2.75) is 25.0 Å². The van der Waals surface area contributed by atoms with Crippen molar-refractivity contribution in [1.82, 2.24) is 0 Å². The molecule has 0 aromatic heterocycles. The molecule has 8 heteroatoms. The summed E-state index contributed by atoms with van der Waals surface area (Å²) in [7, 11) is 1.06. The third kappa shape index (κ3) is 1.89. The van der Waals surface area contributed by atoms with Crippen molar-refractivity contribution in [3.8, 4) is 17.2 Å². The average Bonchev–Trinajstić information content (AvgIpc) is 2.50. The molecule has 1 saturated carbocycles. The van der Waals surface area contributed by atoms with Gasteiger partial charge in [0.25, 0.3) is 5.60 Å². The average molecular weight is 336 g/mol. The lowest BCUT2D eigenvalue weighted by Crippen LogP contribution is -2.64. The van der Waals surface area contributed by atoms with E-state index in [2.05, 4.69) is 0 Å². The third-order valence-electron chi connectivity index (χ3n) is 4.41. The predicted octanol–water partition coefficient (Wildman–Crippen LogP) is 0.641. The molecule has 1 aliphatic carbocycles. The number of aliphatic hydroxyl groups excluding tert-OH is 2. The van der Waals surface area contributed by atoms with E-state index in [0.29, 0.717) is 0 Å². The number of hydrogen-bond acceptors (Lipinski definition) is 8. The fourth-order valence-electron chi connectivity index (χ4n) is 3.30. The van der Waals surface area contributed by atoms with Gasteiger partial charge >= 0.3 is 5.97 Å². The molecule has 2 aliphatic rings. The molecule has 3 rings (SSSR count). The van der Waals surface area contributed by atoms with Crippen molar-refractivity contribution in [2.75, 3.05) is 7.11 Å². The number of carbonyl (C=O) groups excluding carboxylic acids is 2. The Morgan fingerprint density at radius 3 is 2.62 bits per heavy atom. The molecule has 0 spiro atoms. The summed E-state index contributed by atoms with van der Waals surface area (Å²) in [6.07, 6.45) is -1.59. The topological polar surface area (TPSA) is 134 Å². The molecule has 24 heavy (non-hydrogen) atoms. The Bertz CT molecular complexity index is 781. The molecule has 1 aromatic carbocycles. The van der Waals surface area contributed by atoms with Crippen LogP contribution in [0, 0.1) is 5.92 Å². The lowest BCUT2D eigenvalue weighted by atomic mass is 9.69. The maximum absolute atomic E-state index is 12.5. The summed E-state index contributed by atoms with van der Waals surface area (Å²) in [6, 6.07) is 2.01. The highest BCUT2D eigenvalue weighted by atomic mass is 16.6. The molecule has 0 saturated heterocycles. The number of phenols is 2. The van der Waals surface area contributed by atoms with Gasteiger partial charge in [0, 0.05) is 18.6 Å². The quantitative estimate of drug-likeness (QED) is 0.549. The molecule has 1 fully saturated rings. The van der Waals surface area contributed by atoms with Crippen molar-refractivity contribution in [3.05, 3.63) is 23.3 Å². The van der Waals surface area contributed by atoms with Crippen LogP contribution in [0.5, 0.6) is 17.2 Å². The molecule has 8 nitrogen and oxygen atoms in total. The number of benzene rings is 1. The van der Waals surface area contributed by atoms with Crippen LogP contribution >= 0.6 is 0 Å². The van der Waals surface area contributed by atoms with E-state index in [0.717, 1.165) is 19.2 Å². The van der Waals surface area contributed by atoms with Gasteiger partial charge in [-0.25, -0.2) is 4.79 Å². The molecule has 0 unspecified atom stereocenters. The first-order valence-corrected chi connectivity index (χ1v) is 7.22. The highest BCUT2D eigenvalue weighted by molar-refractivity contribution is 6.12. The monoisotopic (exact) mass is 336 g/mol. The molecule has 1 aromatic rings. The molecule has 0 amide bonds. The summed E-state index contributed by atoms with van der Waals surface area (Å²) in [6.45, 7) is 1.56. The van der Waals surface area contributed by atoms with E-state index in [1.165, 1.54) is 0 Å². The van der Waals surface area contributed by atoms with Crippen molar-refractivity contribution in [2.24, 2.45) is 5.92 Å². The Labute approximate surface area is 136 Å². The summed E-state index contributed by atoms with van der Waals surface area (Å²) in [5.74, 6) is -4.16. The fraction of sp³-hybridized carbons (Fsp3) is 0.375.